The largest absolute Gasteiger partial charge is 0.573 e. The Labute approximate surface area is 220 Å². The molecule has 4 nitrogen and oxygen atoms in total. The van der Waals surface area contributed by atoms with Crippen LogP contribution in [-0.4, -0.2) is 36.8 Å². The third-order valence-corrected chi connectivity index (χ3v) is 6.74. The van der Waals surface area contributed by atoms with Crippen LogP contribution in [0.4, 0.5) is 37.7 Å². The molecule has 1 aliphatic rings. The van der Waals surface area contributed by atoms with Crippen molar-refractivity contribution in [1.29, 1.82) is 0 Å². The molecule has 1 N–H and O–H groups in total. The van der Waals surface area contributed by atoms with E-state index in [2.05, 4.69) is 4.74 Å². The average molecular weight is 547 g/mol. The first-order chi connectivity index (χ1) is 18.5. The van der Waals surface area contributed by atoms with Gasteiger partial charge in [0.1, 0.15) is 5.75 Å². The predicted molar refractivity (Wildman–Crippen MR) is 137 cm³/mol. The van der Waals surface area contributed by atoms with Crippen molar-refractivity contribution in [2.75, 3.05) is 22.9 Å². The third-order valence-electron chi connectivity index (χ3n) is 6.74. The first-order valence-electron chi connectivity index (χ1n) is 12.2. The molecule has 0 aliphatic carbocycles. The number of halogens is 6. The molecule has 39 heavy (non-hydrogen) atoms. The molecule has 0 bridgehead atoms. The summed E-state index contributed by atoms with van der Waals surface area (Å²) in [6.07, 6.45) is -12.2. The van der Waals surface area contributed by atoms with Crippen molar-refractivity contribution >= 4 is 22.1 Å². The number of aliphatic hydroxyl groups is 1. The van der Waals surface area contributed by atoms with Gasteiger partial charge in [0.05, 0.1) is 24.0 Å². The molecule has 0 saturated carbocycles. The van der Waals surface area contributed by atoms with E-state index in [0.29, 0.717) is 16.9 Å². The molecule has 0 amide bonds. The number of ether oxygens (including phenoxy) is 1. The Morgan fingerprint density at radius 3 is 2.23 bits per heavy atom. The fourth-order valence-corrected chi connectivity index (χ4v) is 5.08. The Kier molecular flexibility index (Phi) is 7.07. The summed E-state index contributed by atoms with van der Waals surface area (Å²) in [6.45, 7) is -0.278. The maximum absolute atomic E-state index is 13.5. The zero-order chi connectivity index (χ0) is 27.8. The van der Waals surface area contributed by atoms with Gasteiger partial charge in [0.15, 0.2) is 6.10 Å². The monoisotopic (exact) mass is 546 g/mol. The SMILES string of the molecule is OC(CN1c2ccccc2N(Cc2cccc(OC(F)(F)F)c2)CC1c1cccc2ccccc12)C(F)(F)F. The van der Waals surface area contributed by atoms with E-state index < -0.39 is 31.2 Å². The second-order valence-corrected chi connectivity index (χ2v) is 9.36. The Bertz CT molecular complexity index is 1450. The molecule has 1 aliphatic heterocycles. The minimum Gasteiger partial charge on any atom is -0.406 e. The average Bonchev–Trinajstić information content (AvgIpc) is 2.88. The molecule has 1 heterocycles. The number of alkyl halides is 6. The number of hydrogen-bond acceptors (Lipinski definition) is 4. The summed E-state index contributed by atoms with van der Waals surface area (Å²) in [4.78, 5) is 3.49. The molecule has 0 fully saturated rings. The van der Waals surface area contributed by atoms with Crippen LogP contribution in [0.15, 0.2) is 91.0 Å². The molecule has 0 aromatic heterocycles. The molecule has 4 aromatic carbocycles. The lowest BCUT2D eigenvalue weighted by Gasteiger charge is -2.46. The smallest absolute Gasteiger partial charge is 0.406 e. The van der Waals surface area contributed by atoms with Crippen molar-refractivity contribution in [3.8, 4) is 5.75 Å². The Hall–Kier alpha value is -3.92. The normalized spacial score (nSPS) is 16.7. The fraction of sp³-hybridized carbons (Fsp3) is 0.241. The second kappa shape index (κ2) is 10.3. The van der Waals surface area contributed by atoms with Crippen LogP contribution in [0.1, 0.15) is 17.2 Å². The standard InChI is InChI=1S/C29H24F6N2O2/c30-28(31,32)27(38)18-37-25-14-4-3-13-24(25)36(16-19-7-5-10-21(15-19)39-29(33,34)35)17-26(37)23-12-6-9-20-8-1-2-11-22(20)23/h1-15,26-27,38H,16-18H2. The van der Waals surface area contributed by atoms with Gasteiger partial charge in [-0.25, -0.2) is 0 Å². The number of hydrogen-bond donors (Lipinski definition) is 1. The van der Waals surface area contributed by atoms with Gasteiger partial charge >= 0.3 is 12.5 Å². The third kappa shape index (κ3) is 5.90. The zero-order valence-electron chi connectivity index (χ0n) is 20.5. The van der Waals surface area contributed by atoms with Gasteiger partial charge in [-0.15, -0.1) is 13.2 Å². The lowest BCUT2D eigenvalue weighted by atomic mass is 9.94. The molecule has 204 valence electrons. The summed E-state index contributed by atoms with van der Waals surface area (Å²) in [7, 11) is 0. The van der Waals surface area contributed by atoms with Gasteiger partial charge in [-0.2, -0.15) is 13.2 Å². The highest BCUT2D eigenvalue weighted by atomic mass is 19.4. The second-order valence-electron chi connectivity index (χ2n) is 9.36. The minimum absolute atomic E-state index is 0.184. The highest BCUT2D eigenvalue weighted by Gasteiger charge is 2.42. The molecular weight excluding hydrogens is 522 g/mol. The van der Waals surface area contributed by atoms with Crippen molar-refractivity contribution in [2.24, 2.45) is 0 Å². The maximum Gasteiger partial charge on any atom is 0.573 e. The minimum atomic E-state index is -4.84. The van der Waals surface area contributed by atoms with Crippen LogP contribution in [0.2, 0.25) is 0 Å². The number of benzene rings is 4. The summed E-state index contributed by atoms with van der Waals surface area (Å²) in [6, 6.07) is 25.0. The summed E-state index contributed by atoms with van der Waals surface area (Å²) < 4.78 is 82.9. The lowest BCUT2D eigenvalue weighted by molar-refractivity contribution is -0.274. The number of nitrogens with zero attached hydrogens (tertiary/aromatic N) is 2. The number of anilines is 2. The molecule has 0 saturated heterocycles. The van der Waals surface area contributed by atoms with Crippen LogP contribution in [0, 0.1) is 0 Å². The van der Waals surface area contributed by atoms with E-state index in [0.717, 1.165) is 16.3 Å². The van der Waals surface area contributed by atoms with Crippen LogP contribution in [-0.2, 0) is 6.54 Å². The summed E-state index contributed by atoms with van der Waals surface area (Å²) >= 11 is 0. The summed E-state index contributed by atoms with van der Waals surface area (Å²) in [5.41, 5.74) is 2.39. The molecule has 0 radical (unpaired) electrons. The van der Waals surface area contributed by atoms with E-state index in [-0.39, 0.29) is 18.8 Å². The van der Waals surface area contributed by atoms with Gasteiger partial charge in [-0.05, 0) is 46.2 Å². The molecular formula is C29H24F6N2O2. The number of para-hydroxylation sites is 2. The summed E-state index contributed by atoms with van der Waals surface area (Å²) in [5.74, 6) is -0.356. The molecule has 0 spiro atoms. The highest BCUT2D eigenvalue weighted by molar-refractivity contribution is 5.87. The molecule has 4 aromatic rings. The van der Waals surface area contributed by atoms with Gasteiger partial charge in [-0.3, -0.25) is 0 Å². The first kappa shape index (κ1) is 26.7. The van der Waals surface area contributed by atoms with Crippen LogP contribution in [0.25, 0.3) is 10.8 Å². The van der Waals surface area contributed by atoms with Crippen molar-refractivity contribution < 1.29 is 36.2 Å². The Morgan fingerprint density at radius 1 is 0.821 bits per heavy atom. The van der Waals surface area contributed by atoms with Crippen molar-refractivity contribution in [3.05, 3.63) is 102 Å². The number of β-amino-alcohol motifs (C(OH)–C–C–N with tert-alkyl or cyclic N) is 1. The number of rotatable bonds is 6. The van der Waals surface area contributed by atoms with Crippen LogP contribution >= 0.6 is 0 Å². The van der Waals surface area contributed by atoms with Crippen LogP contribution in [0.5, 0.6) is 5.75 Å². The topological polar surface area (TPSA) is 35.9 Å². The van der Waals surface area contributed by atoms with E-state index >= 15 is 0 Å². The number of fused-ring (bicyclic) bond motifs is 2. The molecule has 2 unspecified atom stereocenters. The Balaban J connectivity index is 1.58. The van der Waals surface area contributed by atoms with E-state index in [1.807, 2.05) is 47.4 Å². The van der Waals surface area contributed by atoms with Crippen LogP contribution < -0.4 is 14.5 Å². The molecule has 5 rings (SSSR count). The maximum atomic E-state index is 13.5. The highest BCUT2D eigenvalue weighted by Crippen LogP contribution is 2.44. The van der Waals surface area contributed by atoms with E-state index in [4.69, 9.17) is 0 Å². The van der Waals surface area contributed by atoms with Gasteiger partial charge in [0, 0.05) is 13.1 Å². The van der Waals surface area contributed by atoms with E-state index in [1.54, 1.807) is 35.2 Å². The summed E-state index contributed by atoms with van der Waals surface area (Å²) in [5, 5.41) is 11.8. The quantitative estimate of drug-likeness (QED) is 0.259. The van der Waals surface area contributed by atoms with Gasteiger partial charge in [-0.1, -0.05) is 66.7 Å². The number of aliphatic hydroxyl groups excluding tert-OH is 1. The van der Waals surface area contributed by atoms with E-state index in [9.17, 15) is 31.4 Å². The van der Waals surface area contributed by atoms with Gasteiger partial charge in [0.25, 0.3) is 0 Å². The Morgan fingerprint density at radius 2 is 1.49 bits per heavy atom. The van der Waals surface area contributed by atoms with Crippen molar-refractivity contribution in [2.45, 2.75) is 31.2 Å². The van der Waals surface area contributed by atoms with Crippen molar-refractivity contribution in [3.63, 3.8) is 0 Å². The van der Waals surface area contributed by atoms with Crippen LogP contribution in [0.3, 0.4) is 0 Å². The molecule has 2 atom stereocenters. The molecule has 10 heteroatoms. The first-order valence-corrected chi connectivity index (χ1v) is 12.2. The zero-order valence-corrected chi connectivity index (χ0v) is 20.5. The van der Waals surface area contributed by atoms with Crippen molar-refractivity contribution in [1.82, 2.24) is 0 Å². The van der Waals surface area contributed by atoms with Gasteiger partial charge in [0.2, 0.25) is 0 Å². The van der Waals surface area contributed by atoms with E-state index in [1.165, 1.54) is 18.2 Å². The fourth-order valence-electron chi connectivity index (χ4n) is 5.08. The predicted octanol–water partition coefficient (Wildman–Crippen LogP) is 7.23. The van der Waals surface area contributed by atoms with Gasteiger partial charge < -0.3 is 19.6 Å². The lowest BCUT2D eigenvalue weighted by Crippen LogP contribution is -2.49.